The van der Waals surface area contributed by atoms with Gasteiger partial charge in [-0.1, -0.05) is 31.5 Å². The fourth-order valence-electron chi connectivity index (χ4n) is 3.60. The molecule has 8 nitrogen and oxygen atoms in total. The Morgan fingerprint density at radius 2 is 1.91 bits per heavy atom. The van der Waals surface area contributed by atoms with Crippen molar-refractivity contribution in [3.8, 4) is 11.4 Å². The quantitative estimate of drug-likeness (QED) is 0.419. The van der Waals surface area contributed by atoms with Crippen LogP contribution in [0, 0.1) is 12.8 Å². The first-order chi connectivity index (χ1) is 15.5. The number of rotatable bonds is 9. The van der Waals surface area contributed by atoms with Gasteiger partial charge in [0.05, 0.1) is 17.2 Å². The van der Waals surface area contributed by atoms with Crippen molar-refractivity contribution in [2.45, 2.75) is 51.6 Å². The summed E-state index contributed by atoms with van der Waals surface area (Å²) >= 11 is 6.47. The standard InChI is InChI=1S/C23H29ClN4O4S/c1-6-32-23(29)22(11-15(2)3)27(5)33(30,31)18-8-7-17(19(24)12-18)13-28-10-9-20-21(14-28)26-16(4)25-20/h7-10,12,14-15,22H,6,11,13H2,1-5H3/t22-/m0/s1. The average Bonchev–Trinajstić information content (AvgIpc) is 3.12. The lowest BCUT2D eigenvalue weighted by Gasteiger charge is -2.27. The van der Waals surface area contributed by atoms with E-state index in [2.05, 4.69) is 9.97 Å². The highest BCUT2D eigenvalue weighted by molar-refractivity contribution is 7.89. The van der Waals surface area contributed by atoms with Crippen LogP contribution in [0.25, 0.3) is 11.4 Å². The van der Waals surface area contributed by atoms with Crippen LogP contribution >= 0.6 is 11.6 Å². The van der Waals surface area contributed by atoms with Gasteiger partial charge in [0.2, 0.25) is 10.0 Å². The van der Waals surface area contributed by atoms with Crippen LogP contribution in [0.3, 0.4) is 0 Å². The zero-order valence-corrected chi connectivity index (χ0v) is 21.0. The van der Waals surface area contributed by atoms with Gasteiger partial charge < -0.3 is 9.30 Å². The van der Waals surface area contributed by atoms with Gasteiger partial charge in [0.15, 0.2) is 0 Å². The van der Waals surface area contributed by atoms with Crippen LogP contribution in [0.4, 0.5) is 0 Å². The van der Waals surface area contributed by atoms with E-state index in [-0.39, 0.29) is 17.4 Å². The van der Waals surface area contributed by atoms with Gasteiger partial charge in [0.1, 0.15) is 17.6 Å². The molecule has 3 rings (SSSR count). The van der Waals surface area contributed by atoms with Crippen molar-refractivity contribution in [3.05, 3.63) is 53.1 Å². The molecular formula is C23H29ClN4O4S. The maximum Gasteiger partial charge on any atom is 0.324 e. The fourth-order valence-corrected chi connectivity index (χ4v) is 5.25. The molecule has 2 heterocycles. The predicted octanol–water partition coefficient (Wildman–Crippen LogP) is 3.99. The van der Waals surface area contributed by atoms with Crippen molar-refractivity contribution >= 4 is 27.6 Å². The largest absolute Gasteiger partial charge is 0.465 e. The highest BCUT2D eigenvalue weighted by Gasteiger charge is 2.34. The summed E-state index contributed by atoms with van der Waals surface area (Å²) in [4.78, 5) is 21.2. The summed E-state index contributed by atoms with van der Waals surface area (Å²) in [6, 6.07) is 5.58. The van der Waals surface area contributed by atoms with Gasteiger partial charge >= 0.3 is 5.97 Å². The molecule has 1 atom stereocenters. The summed E-state index contributed by atoms with van der Waals surface area (Å²) in [5, 5.41) is 0.318. The smallest absolute Gasteiger partial charge is 0.324 e. The molecule has 0 aliphatic carbocycles. The summed E-state index contributed by atoms with van der Waals surface area (Å²) in [7, 11) is -2.56. The number of aryl methyl sites for hydroxylation is 1. The summed E-state index contributed by atoms with van der Waals surface area (Å²) in [5.41, 5.74) is 2.35. The van der Waals surface area contributed by atoms with Crippen LogP contribution in [-0.2, 0) is 26.1 Å². The molecule has 0 radical (unpaired) electrons. The van der Waals surface area contributed by atoms with Gasteiger partial charge in [-0.15, -0.1) is 0 Å². The highest BCUT2D eigenvalue weighted by atomic mass is 35.5. The van der Waals surface area contributed by atoms with Crippen molar-refractivity contribution in [2.24, 2.45) is 5.92 Å². The average molecular weight is 493 g/mol. The van der Waals surface area contributed by atoms with E-state index < -0.39 is 22.0 Å². The molecule has 10 heteroatoms. The first kappa shape index (κ1) is 25.1. The number of pyridine rings is 1. The molecule has 1 aromatic rings. The number of esters is 1. The van der Waals surface area contributed by atoms with E-state index in [1.54, 1.807) is 13.0 Å². The summed E-state index contributed by atoms with van der Waals surface area (Å²) in [6.45, 7) is 8.01. The number of likely N-dealkylation sites (N-methyl/N-ethyl adjacent to an activating group) is 1. The molecule has 0 N–H and O–H groups in total. The minimum Gasteiger partial charge on any atom is -0.465 e. The van der Waals surface area contributed by atoms with Gasteiger partial charge in [0, 0.05) is 31.0 Å². The molecule has 2 aliphatic heterocycles. The Labute approximate surface area is 199 Å². The van der Waals surface area contributed by atoms with Gasteiger partial charge in [-0.3, -0.25) is 4.79 Å². The van der Waals surface area contributed by atoms with E-state index >= 15 is 0 Å². The molecule has 33 heavy (non-hydrogen) atoms. The third kappa shape index (κ3) is 5.72. The highest BCUT2D eigenvalue weighted by Crippen LogP contribution is 2.27. The van der Waals surface area contributed by atoms with E-state index in [0.717, 1.165) is 21.3 Å². The molecule has 0 saturated heterocycles. The van der Waals surface area contributed by atoms with Crippen LogP contribution in [0.5, 0.6) is 0 Å². The lowest BCUT2D eigenvalue weighted by Crippen LogP contribution is -2.44. The lowest BCUT2D eigenvalue weighted by atomic mass is 10.0. The van der Waals surface area contributed by atoms with Gasteiger partial charge in [-0.2, -0.15) is 4.31 Å². The molecule has 0 aromatic heterocycles. The Balaban J connectivity index is 1.86. The lowest BCUT2D eigenvalue weighted by molar-refractivity contribution is -0.147. The van der Waals surface area contributed by atoms with E-state index in [1.165, 1.54) is 19.2 Å². The third-order valence-corrected chi connectivity index (χ3v) is 7.50. The van der Waals surface area contributed by atoms with Crippen molar-refractivity contribution in [1.29, 1.82) is 0 Å². The second kappa shape index (κ2) is 10.2. The Kier molecular flexibility index (Phi) is 7.76. The van der Waals surface area contributed by atoms with Crippen LogP contribution in [0.15, 0.2) is 41.6 Å². The maximum atomic E-state index is 13.3. The number of carbonyl (C=O) groups excluding carboxylic acids is 1. The van der Waals surface area contributed by atoms with E-state index in [0.29, 0.717) is 23.8 Å². The van der Waals surface area contributed by atoms with E-state index in [1.807, 2.05) is 43.8 Å². The molecular weight excluding hydrogens is 464 g/mol. The van der Waals surface area contributed by atoms with Gasteiger partial charge in [-0.25, -0.2) is 18.4 Å². The monoisotopic (exact) mass is 492 g/mol. The van der Waals surface area contributed by atoms with E-state index in [4.69, 9.17) is 16.3 Å². The number of sulfonamides is 1. The summed E-state index contributed by atoms with van der Waals surface area (Å²) in [6.07, 6.45) is 4.10. The zero-order chi connectivity index (χ0) is 24.3. The Morgan fingerprint density at radius 3 is 2.55 bits per heavy atom. The molecule has 0 unspecified atom stereocenters. The van der Waals surface area contributed by atoms with Crippen molar-refractivity contribution in [2.75, 3.05) is 13.7 Å². The number of fused-ring (bicyclic) bond motifs is 1. The molecule has 0 bridgehead atoms. The minimum absolute atomic E-state index is 0.0229. The number of imidazole rings is 1. The molecule has 0 amide bonds. The van der Waals surface area contributed by atoms with Crippen molar-refractivity contribution in [3.63, 3.8) is 0 Å². The SMILES string of the molecule is CCOC(=O)[C@H](CC(C)C)N(C)S(=O)(=O)c1ccc(Cn2ccc3nc(C)nc-3c2)c(Cl)c1. The molecule has 0 saturated carbocycles. The number of ether oxygens (including phenoxy) is 1. The first-order valence-electron chi connectivity index (χ1n) is 10.8. The second-order valence-electron chi connectivity index (χ2n) is 8.33. The van der Waals surface area contributed by atoms with Crippen molar-refractivity contribution in [1.82, 2.24) is 18.8 Å². The van der Waals surface area contributed by atoms with E-state index in [9.17, 15) is 13.2 Å². The number of nitrogens with zero attached hydrogens (tertiary/aromatic N) is 4. The second-order valence-corrected chi connectivity index (χ2v) is 10.7. The predicted molar refractivity (Wildman–Crippen MR) is 127 cm³/mol. The topological polar surface area (TPSA) is 94.4 Å². The molecule has 2 aliphatic rings. The molecule has 178 valence electrons. The Hall–Kier alpha value is -2.49. The number of hydrogen-bond donors (Lipinski definition) is 0. The molecule has 0 spiro atoms. The van der Waals surface area contributed by atoms with Crippen LogP contribution in [-0.4, -0.2) is 52.9 Å². The molecule has 1 aromatic carbocycles. The number of aromatic nitrogens is 3. The molecule has 0 fully saturated rings. The van der Waals surface area contributed by atoms with Gasteiger partial charge in [-0.05, 0) is 49.9 Å². The zero-order valence-electron chi connectivity index (χ0n) is 19.4. The Morgan fingerprint density at radius 1 is 1.21 bits per heavy atom. The fraction of sp³-hybridized carbons (Fsp3) is 0.435. The number of halogens is 1. The first-order valence-corrected chi connectivity index (χ1v) is 12.6. The van der Waals surface area contributed by atoms with Gasteiger partial charge in [0.25, 0.3) is 0 Å². The van der Waals surface area contributed by atoms with Crippen LogP contribution in [0.2, 0.25) is 5.02 Å². The van der Waals surface area contributed by atoms with Crippen molar-refractivity contribution < 1.29 is 17.9 Å². The summed E-state index contributed by atoms with van der Waals surface area (Å²) < 4.78 is 34.7. The maximum absolute atomic E-state index is 13.3. The number of hydrogen-bond acceptors (Lipinski definition) is 6. The minimum atomic E-state index is -3.96. The third-order valence-electron chi connectivity index (χ3n) is 5.29. The number of carbonyl (C=O) groups is 1. The normalized spacial score (nSPS) is 13.1. The van der Waals surface area contributed by atoms with Crippen LogP contribution in [0.1, 0.15) is 38.6 Å². The number of benzene rings is 1. The van der Waals surface area contributed by atoms with Crippen LogP contribution < -0.4 is 0 Å². The summed E-state index contributed by atoms with van der Waals surface area (Å²) in [5.74, 6) is 0.254. The Bertz CT molecular complexity index is 1210.